The zero-order valence-electron chi connectivity index (χ0n) is 28.2. The number of hydrogen-bond donors (Lipinski definition) is 1. The Hall–Kier alpha value is -3.83. The first-order chi connectivity index (χ1) is 22.8. The van der Waals surface area contributed by atoms with Gasteiger partial charge in [0.2, 0.25) is 5.91 Å². The highest BCUT2D eigenvalue weighted by molar-refractivity contribution is 7.22. The number of carboxylic acids is 1. The smallest absolute Gasteiger partial charge is 0.337 e. The van der Waals surface area contributed by atoms with Crippen LogP contribution in [0.5, 0.6) is 0 Å². The molecule has 48 heavy (non-hydrogen) atoms. The van der Waals surface area contributed by atoms with E-state index in [9.17, 15) is 14.7 Å². The third-order valence-corrected chi connectivity index (χ3v) is 10.2. The molecule has 3 heterocycles. The van der Waals surface area contributed by atoms with Crippen molar-refractivity contribution in [2.24, 2.45) is 7.05 Å². The second-order valence-electron chi connectivity index (χ2n) is 13.5. The molecular formula is C37H41ClN4O5S. The van der Waals surface area contributed by atoms with Crippen LogP contribution in [-0.2, 0) is 26.1 Å². The van der Waals surface area contributed by atoms with Crippen molar-refractivity contribution in [2.45, 2.75) is 64.6 Å². The second-order valence-corrected chi connectivity index (χ2v) is 14.9. The van der Waals surface area contributed by atoms with Gasteiger partial charge in [-0.15, -0.1) is 11.3 Å². The van der Waals surface area contributed by atoms with E-state index >= 15 is 0 Å². The molecule has 5 aromatic rings. The van der Waals surface area contributed by atoms with Crippen molar-refractivity contribution in [1.29, 1.82) is 0 Å². The number of aryl methyl sites for hydroxylation is 2. The van der Waals surface area contributed by atoms with Gasteiger partial charge in [-0.1, -0.05) is 23.7 Å². The molecule has 1 aliphatic rings. The van der Waals surface area contributed by atoms with Gasteiger partial charge in [0.1, 0.15) is 5.01 Å². The highest BCUT2D eigenvalue weighted by Crippen LogP contribution is 2.45. The molecule has 1 aliphatic heterocycles. The lowest BCUT2D eigenvalue weighted by Crippen LogP contribution is -2.28. The third kappa shape index (κ3) is 6.85. The van der Waals surface area contributed by atoms with E-state index in [1.165, 1.54) is 11.3 Å². The highest BCUT2D eigenvalue weighted by atomic mass is 35.5. The molecule has 2 atom stereocenters. The van der Waals surface area contributed by atoms with Crippen molar-refractivity contribution in [3.63, 3.8) is 0 Å². The predicted octanol–water partition coefficient (Wildman–Crippen LogP) is 8.16. The Kier molecular flexibility index (Phi) is 9.64. The van der Waals surface area contributed by atoms with Gasteiger partial charge in [-0.05, 0) is 88.1 Å². The molecule has 6 rings (SSSR count). The second kappa shape index (κ2) is 13.6. The number of ether oxygens (including phenoxy) is 2. The molecule has 11 heteroatoms. The lowest BCUT2D eigenvalue weighted by atomic mass is 9.91. The van der Waals surface area contributed by atoms with Gasteiger partial charge in [-0.3, -0.25) is 9.48 Å². The summed E-state index contributed by atoms with van der Waals surface area (Å²) in [6.07, 6.45) is 0.884. The van der Waals surface area contributed by atoms with Crippen LogP contribution in [0.2, 0.25) is 5.02 Å². The Labute approximate surface area is 289 Å². The number of carbonyl (C=O) groups excluding carboxylic acids is 1. The summed E-state index contributed by atoms with van der Waals surface area (Å²) < 4.78 is 14.1. The average molecular weight is 689 g/mol. The first kappa shape index (κ1) is 34.0. The SMILES string of the molecule is COCCCC(=O)N1CCC(c2nn(C)c3ccc(-c4nc5cc(C)c([C@H](OC(C)(C)C)C(=O)O)c(-c6ccc(Cl)cc6)c5s4)cc23)C1. The first-order valence-electron chi connectivity index (χ1n) is 16.2. The summed E-state index contributed by atoms with van der Waals surface area (Å²) in [5, 5.41) is 17.8. The molecule has 0 saturated carbocycles. The molecule has 9 nitrogen and oxygen atoms in total. The summed E-state index contributed by atoms with van der Waals surface area (Å²) in [6.45, 7) is 9.43. The average Bonchev–Trinajstić information content (AvgIpc) is 3.77. The Morgan fingerprint density at radius 3 is 2.54 bits per heavy atom. The lowest BCUT2D eigenvalue weighted by Gasteiger charge is -2.28. The lowest BCUT2D eigenvalue weighted by molar-refractivity contribution is -0.160. The molecule has 1 saturated heterocycles. The number of amides is 1. The summed E-state index contributed by atoms with van der Waals surface area (Å²) in [6, 6.07) is 15.7. The maximum Gasteiger partial charge on any atom is 0.337 e. The molecule has 3 aromatic carbocycles. The third-order valence-electron chi connectivity index (χ3n) is 8.81. The van der Waals surface area contributed by atoms with Crippen LogP contribution in [0.3, 0.4) is 0 Å². The zero-order valence-corrected chi connectivity index (χ0v) is 29.7. The van der Waals surface area contributed by atoms with E-state index in [-0.39, 0.29) is 11.8 Å². The van der Waals surface area contributed by atoms with E-state index in [0.717, 1.165) is 73.5 Å². The molecular weight excluding hydrogens is 648 g/mol. The minimum Gasteiger partial charge on any atom is -0.479 e. The maximum atomic E-state index is 12.8. The summed E-state index contributed by atoms with van der Waals surface area (Å²) >= 11 is 7.80. The quantitative estimate of drug-likeness (QED) is 0.148. The maximum absolute atomic E-state index is 12.8. The van der Waals surface area contributed by atoms with Crippen LogP contribution < -0.4 is 0 Å². The highest BCUT2D eigenvalue weighted by Gasteiger charge is 2.33. The van der Waals surface area contributed by atoms with Crippen LogP contribution in [0, 0.1) is 6.92 Å². The fraction of sp³-hybridized carbons (Fsp3) is 0.405. The molecule has 1 N–H and O–H groups in total. The Balaban J connectivity index is 1.43. The molecule has 0 spiro atoms. The van der Waals surface area contributed by atoms with E-state index in [2.05, 4.69) is 18.2 Å². The summed E-state index contributed by atoms with van der Waals surface area (Å²) in [5.41, 5.74) is 6.07. The van der Waals surface area contributed by atoms with Crippen molar-refractivity contribution >= 4 is 55.9 Å². The van der Waals surface area contributed by atoms with Crippen molar-refractivity contribution in [2.75, 3.05) is 26.8 Å². The number of hydrogen-bond acceptors (Lipinski definition) is 7. The van der Waals surface area contributed by atoms with Gasteiger partial charge in [0, 0.05) is 73.3 Å². The van der Waals surface area contributed by atoms with Crippen molar-refractivity contribution in [3.05, 3.63) is 70.4 Å². The largest absolute Gasteiger partial charge is 0.479 e. The van der Waals surface area contributed by atoms with Crippen LogP contribution >= 0.6 is 22.9 Å². The van der Waals surface area contributed by atoms with Crippen LogP contribution in [0.4, 0.5) is 0 Å². The number of benzene rings is 3. The number of carboxylic acid groups (broad SMARTS) is 1. The van der Waals surface area contributed by atoms with E-state index < -0.39 is 17.7 Å². The van der Waals surface area contributed by atoms with Crippen LogP contribution in [0.1, 0.15) is 68.9 Å². The van der Waals surface area contributed by atoms with E-state index in [1.54, 1.807) is 7.11 Å². The number of rotatable bonds is 10. The first-order valence-corrected chi connectivity index (χ1v) is 17.4. The summed E-state index contributed by atoms with van der Waals surface area (Å²) in [7, 11) is 3.60. The van der Waals surface area contributed by atoms with E-state index in [0.29, 0.717) is 30.2 Å². The van der Waals surface area contributed by atoms with Crippen molar-refractivity contribution < 1.29 is 24.2 Å². The standard InChI is InChI=1S/C37H41ClN4O5S/c1-21-18-27-34(31(22-9-12-25(38)13-10-22)30(21)33(36(44)45)47-37(2,3)4)48-35(39-27)23-11-14-28-26(19-23)32(40-41(28)5)24-15-16-42(20-24)29(43)8-7-17-46-6/h9-14,18-19,24,33H,7-8,15-17,20H2,1-6H3,(H,44,45)/t24?,33-/m0/s1. The topological polar surface area (TPSA) is 107 Å². The van der Waals surface area contributed by atoms with Gasteiger partial charge >= 0.3 is 5.97 Å². The fourth-order valence-corrected chi connectivity index (χ4v) is 7.87. The Morgan fingerprint density at radius 1 is 1.12 bits per heavy atom. The van der Waals surface area contributed by atoms with Crippen molar-refractivity contribution in [3.8, 4) is 21.7 Å². The Morgan fingerprint density at radius 2 is 1.85 bits per heavy atom. The zero-order chi connectivity index (χ0) is 34.3. The molecule has 252 valence electrons. The monoisotopic (exact) mass is 688 g/mol. The van der Waals surface area contributed by atoms with Crippen LogP contribution in [-0.4, -0.2) is 69.1 Å². The summed E-state index contributed by atoms with van der Waals surface area (Å²) in [5.74, 6) is -0.749. The normalized spacial score (nSPS) is 15.9. The van der Waals surface area contributed by atoms with Crippen molar-refractivity contribution in [1.82, 2.24) is 19.7 Å². The van der Waals surface area contributed by atoms with Gasteiger partial charge in [-0.25, -0.2) is 9.78 Å². The number of halogens is 1. The van der Waals surface area contributed by atoms with E-state index in [4.69, 9.17) is 31.2 Å². The number of aromatic nitrogens is 3. The number of methoxy groups -OCH3 is 1. The minimum absolute atomic E-state index is 0.142. The van der Waals surface area contributed by atoms with Gasteiger partial charge < -0.3 is 19.5 Å². The molecule has 2 aromatic heterocycles. The van der Waals surface area contributed by atoms with Gasteiger partial charge in [0.25, 0.3) is 0 Å². The minimum atomic E-state index is -1.18. The number of thiazole rings is 1. The number of aliphatic carboxylic acids is 1. The van der Waals surface area contributed by atoms with E-state index in [1.807, 2.05) is 74.7 Å². The van der Waals surface area contributed by atoms with Gasteiger partial charge in [-0.2, -0.15) is 5.10 Å². The number of nitrogens with zero attached hydrogens (tertiary/aromatic N) is 4. The molecule has 1 unspecified atom stereocenters. The molecule has 0 bridgehead atoms. The molecule has 1 fully saturated rings. The fourth-order valence-electron chi connectivity index (χ4n) is 6.63. The van der Waals surface area contributed by atoms with Crippen LogP contribution in [0.15, 0.2) is 48.5 Å². The predicted molar refractivity (Wildman–Crippen MR) is 191 cm³/mol. The Bertz CT molecular complexity index is 2000. The molecule has 0 aliphatic carbocycles. The number of fused-ring (bicyclic) bond motifs is 2. The molecule has 1 amide bonds. The summed E-state index contributed by atoms with van der Waals surface area (Å²) in [4.78, 5) is 32.6. The van der Waals surface area contributed by atoms with Crippen LogP contribution in [0.25, 0.3) is 42.8 Å². The van der Waals surface area contributed by atoms with Gasteiger partial charge in [0.05, 0.1) is 27.0 Å². The number of likely N-dealkylation sites (tertiary alicyclic amines) is 1. The van der Waals surface area contributed by atoms with Gasteiger partial charge in [0.15, 0.2) is 6.10 Å². The molecule has 0 radical (unpaired) electrons. The number of carbonyl (C=O) groups is 2.